The summed E-state index contributed by atoms with van der Waals surface area (Å²) < 4.78 is 13.9. The average Bonchev–Trinajstić information content (AvgIpc) is 2.96. The van der Waals surface area contributed by atoms with E-state index in [1.807, 2.05) is 30.0 Å². The first-order chi connectivity index (χ1) is 11.7. The minimum Gasteiger partial charge on any atom is -0.302 e. The molecule has 1 aromatic heterocycles. The van der Waals surface area contributed by atoms with Gasteiger partial charge >= 0.3 is 0 Å². The summed E-state index contributed by atoms with van der Waals surface area (Å²) in [5.74, 6) is 1.56. The highest BCUT2D eigenvalue weighted by atomic mass is 32.2. The van der Waals surface area contributed by atoms with Crippen molar-refractivity contribution >= 4 is 44.4 Å². The number of amides is 1. The van der Waals surface area contributed by atoms with E-state index >= 15 is 0 Å². The molecule has 0 aliphatic rings. The zero-order chi connectivity index (χ0) is 16.8. The number of thiazole rings is 1. The lowest BCUT2D eigenvalue weighted by Crippen LogP contribution is -2.11. The summed E-state index contributed by atoms with van der Waals surface area (Å²) in [5.41, 5.74) is 2.00. The van der Waals surface area contributed by atoms with Crippen molar-refractivity contribution in [2.24, 2.45) is 0 Å². The van der Waals surface area contributed by atoms with E-state index < -0.39 is 0 Å². The molecule has 0 radical (unpaired) electrons. The van der Waals surface area contributed by atoms with Gasteiger partial charge in [0.15, 0.2) is 5.13 Å². The number of benzene rings is 2. The fourth-order valence-corrected chi connectivity index (χ4v) is 4.06. The number of anilines is 1. The highest BCUT2D eigenvalue weighted by molar-refractivity contribution is 7.98. The normalized spacial score (nSPS) is 10.9. The number of aromatic nitrogens is 1. The average molecular weight is 360 g/mol. The van der Waals surface area contributed by atoms with Gasteiger partial charge in [-0.3, -0.25) is 4.79 Å². The molecule has 0 aliphatic carbocycles. The number of thioether (sulfide) groups is 1. The van der Waals surface area contributed by atoms with Gasteiger partial charge in [0.05, 0.1) is 10.2 Å². The topological polar surface area (TPSA) is 42.0 Å². The Kier molecular flexibility index (Phi) is 5.82. The quantitative estimate of drug-likeness (QED) is 0.597. The van der Waals surface area contributed by atoms with Crippen molar-refractivity contribution in [3.8, 4) is 0 Å². The maximum Gasteiger partial charge on any atom is 0.226 e. The number of nitrogens with zero attached hydrogens (tertiary/aromatic N) is 1. The second-order valence-electron chi connectivity index (χ2n) is 5.32. The van der Waals surface area contributed by atoms with Gasteiger partial charge < -0.3 is 5.32 Å². The van der Waals surface area contributed by atoms with Gasteiger partial charge in [0.25, 0.3) is 0 Å². The van der Waals surface area contributed by atoms with Crippen LogP contribution in [0.25, 0.3) is 10.2 Å². The molecule has 0 fully saturated rings. The first kappa shape index (κ1) is 16.9. The largest absolute Gasteiger partial charge is 0.302 e. The second-order valence-corrected chi connectivity index (χ2v) is 7.46. The van der Waals surface area contributed by atoms with Gasteiger partial charge in [0.2, 0.25) is 5.91 Å². The van der Waals surface area contributed by atoms with E-state index in [-0.39, 0.29) is 11.7 Å². The Balaban J connectivity index is 1.40. The minimum atomic E-state index is -0.292. The van der Waals surface area contributed by atoms with Crippen molar-refractivity contribution in [1.82, 2.24) is 4.98 Å². The van der Waals surface area contributed by atoms with Crippen molar-refractivity contribution in [2.45, 2.75) is 18.6 Å². The third-order valence-electron chi connectivity index (χ3n) is 3.40. The van der Waals surface area contributed by atoms with Gasteiger partial charge in [0.1, 0.15) is 5.82 Å². The molecule has 2 aromatic carbocycles. The van der Waals surface area contributed by atoms with Crippen LogP contribution < -0.4 is 5.32 Å². The second kappa shape index (κ2) is 8.26. The Morgan fingerprint density at radius 1 is 1.21 bits per heavy atom. The SMILES string of the molecule is O=C(CCCSCc1ccccc1)Nc1nc2ccc(F)cc2s1. The van der Waals surface area contributed by atoms with Crippen LogP contribution in [0, 0.1) is 5.82 Å². The lowest BCUT2D eigenvalue weighted by atomic mass is 10.2. The van der Waals surface area contributed by atoms with Gasteiger partial charge in [-0.05, 0) is 35.9 Å². The van der Waals surface area contributed by atoms with E-state index in [1.165, 1.54) is 29.0 Å². The van der Waals surface area contributed by atoms with Crippen molar-refractivity contribution in [1.29, 1.82) is 0 Å². The molecule has 0 bridgehead atoms. The number of hydrogen-bond acceptors (Lipinski definition) is 4. The predicted octanol–water partition coefficient (Wildman–Crippen LogP) is 5.09. The smallest absolute Gasteiger partial charge is 0.226 e. The maximum atomic E-state index is 13.2. The van der Waals surface area contributed by atoms with E-state index in [9.17, 15) is 9.18 Å². The van der Waals surface area contributed by atoms with E-state index in [4.69, 9.17) is 0 Å². The van der Waals surface area contributed by atoms with Gasteiger partial charge in [-0.2, -0.15) is 11.8 Å². The van der Waals surface area contributed by atoms with Crippen molar-refractivity contribution in [3.63, 3.8) is 0 Å². The van der Waals surface area contributed by atoms with Gasteiger partial charge in [-0.1, -0.05) is 41.7 Å². The van der Waals surface area contributed by atoms with Gasteiger partial charge in [-0.15, -0.1) is 0 Å². The summed E-state index contributed by atoms with van der Waals surface area (Å²) in [6.45, 7) is 0. The number of carbonyl (C=O) groups excluding carboxylic acids is 1. The molecule has 0 saturated carbocycles. The van der Waals surface area contributed by atoms with Crippen LogP contribution in [0.3, 0.4) is 0 Å². The summed E-state index contributed by atoms with van der Waals surface area (Å²) in [6.07, 6.45) is 1.29. The first-order valence-corrected chi connectivity index (χ1v) is 9.65. The van der Waals surface area contributed by atoms with Crippen molar-refractivity contribution in [2.75, 3.05) is 11.1 Å². The third kappa shape index (κ3) is 4.79. The van der Waals surface area contributed by atoms with Crippen LogP contribution in [-0.2, 0) is 10.5 Å². The van der Waals surface area contributed by atoms with E-state index in [2.05, 4.69) is 22.4 Å². The van der Waals surface area contributed by atoms with Gasteiger partial charge in [-0.25, -0.2) is 9.37 Å². The predicted molar refractivity (Wildman–Crippen MR) is 100 cm³/mol. The van der Waals surface area contributed by atoms with Crippen LogP contribution in [0.5, 0.6) is 0 Å². The number of rotatable bonds is 7. The molecule has 6 heteroatoms. The Bertz CT molecular complexity index is 820. The lowest BCUT2D eigenvalue weighted by molar-refractivity contribution is -0.116. The molecule has 3 nitrogen and oxygen atoms in total. The molecule has 0 atom stereocenters. The summed E-state index contributed by atoms with van der Waals surface area (Å²) in [6, 6.07) is 14.7. The first-order valence-electron chi connectivity index (χ1n) is 7.68. The van der Waals surface area contributed by atoms with Crippen molar-refractivity contribution in [3.05, 3.63) is 59.9 Å². The van der Waals surface area contributed by atoms with Gasteiger partial charge in [0, 0.05) is 12.2 Å². The summed E-state index contributed by atoms with van der Waals surface area (Å²) >= 11 is 3.12. The molecular weight excluding hydrogens is 343 g/mol. The molecule has 0 unspecified atom stereocenters. The van der Waals surface area contributed by atoms with E-state index in [0.717, 1.165) is 22.6 Å². The Hall–Kier alpha value is -1.92. The molecule has 3 aromatic rings. The minimum absolute atomic E-state index is 0.0464. The molecule has 1 amide bonds. The molecule has 124 valence electrons. The third-order valence-corrected chi connectivity index (χ3v) is 5.45. The highest BCUT2D eigenvalue weighted by Crippen LogP contribution is 2.26. The molecular formula is C18H17FN2OS2. The molecule has 0 spiro atoms. The highest BCUT2D eigenvalue weighted by Gasteiger charge is 2.08. The molecule has 24 heavy (non-hydrogen) atoms. The molecule has 3 rings (SSSR count). The van der Waals surface area contributed by atoms with E-state index in [0.29, 0.717) is 17.1 Å². The number of carbonyl (C=O) groups is 1. The Labute approximate surface area is 148 Å². The standard InChI is InChI=1S/C18H17FN2OS2/c19-14-8-9-15-16(11-14)24-18(20-15)21-17(22)7-4-10-23-12-13-5-2-1-3-6-13/h1-3,5-6,8-9,11H,4,7,10,12H2,(H,20,21,22). The molecule has 0 aliphatic heterocycles. The monoisotopic (exact) mass is 360 g/mol. The van der Waals surface area contributed by atoms with Crippen LogP contribution in [0.1, 0.15) is 18.4 Å². The molecule has 1 N–H and O–H groups in total. The summed E-state index contributed by atoms with van der Waals surface area (Å²) in [5, 5.41) is 3.32. The fraction of sp³-hybridized carbons (Fsp3) is 0.222. The van der Waals surface area contributed by atoms with E-state index in [1.54, 1.807) is 6.07 Å². The summed E-state index contributed by atoms with van der Waals surface area (Å²) in [7, 11) is 0. The van der Waals surface area contributed by atoms with Crippen LogP contribution in [0.4, 0.5) is 9.52 Å². The molecule has 1 heterocycles. The molecule has 0 saturated heterocycles. The van der Waals surface area contributed by atoms with Crippen LogP contribution in [0.2, 0.25) is 0 Å². The fourth-order valence-electron chi connectivity index (χ4n) is 2.23. The number of halogens is 1. The van der Waals surface area contributed by atoms with Crippen LogP contribution in [-0.4, -0.2) is 16.6 Å². The number of hydrogen-bond donors (Lipinski definition) is 1. The number of nitrogens with one attached hydrogen (secondary N) is 1. The van der Waals surface area contributed by atoms with Crippen molar-refractivity contribution < 1.29 is 9.18 Å². The Morgan fingerprint density at radius 3 is 2.88 bits per heavy atom. The van der Waals surface area contributed by atoms with Crippen LogP contribution in [0.15, 0.2) is 48.5 Å². The summed E-state index contributed by atoms with van der Waals surface area (Å²) in [4.78, 5) is 16.3. The maximum absolute atomic E-state index is 13.2. The zero-order valence-electron chi connectivity index (χ0n) is 13.0. The van der Waals surface area contributed by atoms with Crippen LogP contribution >= 0.6 is 23.1 Å². The lowest BCUT2D eigenvalue weighted by Gasteiger charge is -2.03. The number of fused-ring (bicyclic) bond motifs is 1. The Morgan fingerprint density at radius 2 is 2.04 bits per heavy atom. The zero-order valence-corrected chi connectivity index (χ0v) is 14.6.